The number of hydrogen-bond donors (Lipinski definition) is 2. The van der Waals surface area contributed by atoms with Gasteiger partial charge in [-0.2, -0.15) is 0 Å². The lowest BCUT2D eigenvalue weighted by atomic mass is 10.2. The third-order valence-electron chi connectivity index (χ3n) is 2.97. The van der Waals surface area contributed by atoms with Crippen molar-refractivity contribution in [1.82, 2.24) is 15.4 Å². The van der Waals surface area contributed by atoms with Crippen molar-refractivity contribution in [2.45, 2.75) is 13.8 Å². The molecule has 0 saturated heterocycles. The minimum Gasteiger partial charge on any atom is -0.451 e. The number of rotatable bonds is 3. The second kappa shape index (κ2) is 5.76. The Hall–Kier alpha value is -2.41. The average molecular weight is 361 g/mol. The molecule has 3 rings (SSSR count). The largest absolute Gasteiger partial charge is 0.451 e. The first kappa shape index (κ1) is 14.5. The number of carbonyl (C=O) groups excluding carboxylic acids is 1. The van der Waals surface area contributed by atoms with Gasteiger partial charge in [-0.1, -0.05) is 15.9 Å². The summed E-state index contributed by atoms with van der Waals surface area (Å²) in [6.45, 7) is 3.72. The zero-order chi connectivity index (χ0) is 15.7. The van der Waals surface area contributed by atoms with Gasteiger partial charge in [-0.3, -0.25) is 15.6 Å². The average Bonchev–Trinajstić information content (AvgIpc) is 2.86. The molecular formula is C15H13BrN4O2. The van der Waals surface area contributed by atoms with Crippen molar-refractivity contribution in [1.29, 1.82) is 0 Å². The van der Waals surface area contributed by atoms with Gasteiger partial charge in [0, 0.05) is 21.2 Å². The first-order valence-electron chi connectivity index (χ1n) is 6.59. The van der Waals surface area contributed by atoms with Gasteiger partial charge < -0.3 is 4.42 Å². The second-order valence-electron chi connectivity index (χ2n) is 4.85. The maximum atomic E-state index is 12.1. The summed E-state index contributed by atoms with van der Waals surface area (Å²) in [6.07, 6.45) is 0. The van der Waals surface area contributed by atoms with E-state index in [1.54, 1.807) is 12.1 Å². The zero-order valence-electron chi connectivity index (χ0n) is 12.0. The Bertz CT molecular complexity index is 840. The van der Waals surface area contributed by atoms with Crippen LogP contribution in [-0.4, -0.2) is 15.9 Å². The predicted octanol–water partition coefficient (Wildman–Crippen LogP) is 3.36. The van der Waals surface area contributed by atoms with Crippen molar-refractivity contribution in [2.24, 2.45) is 0 Å². The number of furan rings is 1. The SMILES string of the molecule is Cc1cc(C)nc(NNC(=O)c2cc3cc(Br)ccc3o2)n1. The molecule has 0 aliphatic heterocycles. The van der Waals surface area contributed by atoms with E-state index in [4.69, 9.17) is 4.42 Å². The van der Waals surface area contributed by atoms with Crippen molar-refractivity contribution in [3.8, 4) is 0 Å². The van der Waals surface area contributed by atoms with Gasteiger partial charge in [-0.15, -0.1) is 0 Å². The van der Waals surface area contributed by atoms with E-state index in [0.717, 1.165) is 21.2 Å². The van der Waals surface area contributed by atoms with Gasteiger partial charge in [0.15, 0.2) is 5.76 Å². The molecule has 0 spiro atoms. The van der Waals surface area contributed by atoms with E-state index in [2.05, 4.69) is 36.7 Å². The zero-order valence-corrected chi connectivity index (χ0v) is 13.6. The summed E-state index contributed by atoms with van der Waals surface area (Å²) in [5, 5.41) is 0.849. The van der Waals surface area contributed by atoms with E-state index in [-0.39, 0.29) is 5.76 Å². The lowest BCUT2D eigenvalue weighted by molar-refractivity contribution is 0.0937. The second-order valence-corrected chi connectivity index (χ2v) is 5.76. The lowest BCUT2D eigenvalue weighted by Gasteiger charge is -2.06. The van der Waals surface area contributed by atoms with Crippen LogP contribution in [0.15, 0.2) is 39.2 Å². The number of benzene rings is 1. The van der Waals surface area contributed by atoms with Crippen molar-refractivity contribution in [3.63, 3.8) is 0 Å². The maximum absolute atomic E-state index is 12.1. The molecule has 1 aromatic carbocycles. The summed E-state index contributed by atoms with van der Waals surface area (Å²) in [5.74, 6) is 0.157. The molecule has 0 aliphatic carbocycles. The molecule has 0 aliphatic rings. The predicted molar refractivity (Wildman–Crippen MR) is 86.5 cm³/mol. The highest BCUT2D eigenvalue weighted by molar-refractivity contribution is 9.10. The molecule has 0 bridgehead atoms. The molecule has 7 heteroatoms. The third-order valence-corrected chi connectivity index (χ3v) is 3.47. The van der Waals surface area contributed by atoms with Crippen molar-refractivity contribution in [2.75, 3.05) is 5.43 Å². The Morgan fingerprint density at radius 3 is 2.59 bits per heavy atom. The Morgan fingerprint density at radius 1 is 1.14 bits per heavy atom. The van der Waals surface area contributed by atoms with Crippen LogP contribution in [-0.2, 0) is 0 Å². The lowest BCUT2D eigenvalue weighted by Crippen LogP contribution is -2.30. The molecule has 2 aromatic heterocycles. The first-order chi connectivity index (χ1) is 10.5. The fourth-order valence-corrected chi connectivity index (χ4v) is 2.46. The van der Waals surface area contributed by atoms with E-state index in [9.17, 15) is 4.79 Å². The molecule has 0 fully saturated rings. The van der Waals surface area contributed by atoms with E-state index in [1.165, 1.54) is 0 Å². The normalized spacial score (nSPS) is 10.7. The monoisotopic (exact) mass is 360 g/mol. The highest BCUT2D eigenvalue weighted by atomic mass is 79.9. The van der Waals surface area contributed by atoms with Crippen LogP contribution in [0.1, 0.15) is 21.9 Å². The summed E-state index contributed by atoms with van der Waals surface area (Å²) in [6, 6.07) is 9.07. The van der Waals surface area contributed by atoms with Gasteiger partial charge in [0.05, 0.1) is 0 Å². The van der Waals surface area contributed by atoms with E-state index in [1.807, 2.05) is 32.0 Å². The van der Waals surface area contributed by atoms with Gasteiger partial charge in [0.2, 0.25) is 5.95 Å². The van der Waals surface area contributed by atoms with Gasteiger partial charge in [0.1, 0.15) is 5.58 Å². The number of hydrazine groups is 1. The number of nitrogens with zero attached hydrogens (tertiary/aromatic N) is 2. The fraction of sp³-hybridized carbons (Fsp3) is 0.133. The third kappa shape index (κ3) is 3.09. The van der Waals surface area contributed by atoms with Crippen LogP contribution >= 0.6 is 15.9 Å². The minimum atomic E-state index is -0.393. The summed E-state index contributed by atoms with van der Waals surface area (Å²) in [4.78, 5) is 20.5. The topological polar surface area (TPSA) is 80.0 Å². The summed E-state index contributed by atoms with van der Waals surface area (Å²) >= 11 is 3.38. The van der Waals surface area contributed by atoms with E-state index < -0.39 is 5.91 Å². The van der Waals surface area contributed by atoms with Gasteiger partial charge >= 0.3 is 5.91 Å². The Labute approximate surface area is 135 Å². The number of fused-ring (bicyclic) bond motifs is 1. The number of anilines is 1. The Balaban J connectivity index is 1.75. The molecule has 2 N–H and O–H groups in total. The molecule has 6 nitrogen and oxygen atoms in total. The molecule has 0 unspecified atom stereocenters. The molecule has 112 valence electrons. The van der Waals surface area contributed by atoms with Crippen LogP contribution in [0, 0.1) is 13.8 Å². The van der Waals surface area contributed by atoms with Gasteiger partial charge in [-0.05, 0) is 44.2 Å². The Kier molecular flexibility index (Phi) is 3.81. The molecule has 0 radical (unpaired) electrons. The van der Waals surface area contributed by atoms with Crippen LogP contribution in [0.25, 0.3) is 11.0 Å². The Morgan fingerprint density at radius 2 is 1.86 bits per heavy atom. The number of carbonyl (C=O) groups is 1. The molecule has 0 saturated carbocycles. The fourth-order valence-electron chi connectivity index (χ4n) is 2.08. The summed E-state index contributed by atoms with van der Waals surface area (Å²) in [5.41, 5.74) is 7.50. The van der Waals surface area contributed by atoms with Crippen molar-refractivity contribution >= 4 is 38.8 Å². The number of aromatic nitrogens is 2. The number of hydrogen-bond acceptors (Lipinski definition) is 5. The quantitative estimate of drug-likeness (QED) is 0.700. The summed E-state index contributed by atoms with van der Waals surface area (Å²) < 4.78 is 6.43. The van der Waals surface area contributed by atoms with Gasteiger partial charge in [-0.25, -0.2) is 9.97 Å². The molecular weight excluding hydrogens is 348 g/mol. The van der Waals surface area contributed by atoms with E-state index in [0.29, 0.717) is 11.5 Å². The first-order valence-corrected chi connectivity index (χ1v) is 7.38. The van der Waals surface area contributed by atoms with Crippen molar-refractivity contribution < 1.29 is 9.21 Å². The highest BCUT2D eigenvalue weighted by Crippen LogP contribution is 2.23. The van der Waals surface area contributed by atoms with Crippen molar-refractivity contribution in [3.05, 3.63) is 52.0 Å². The highest BCUT2D eigenvalue weighted by Gasteiger charge is 2.12. The molecule has 0 atom stereocenters. The molecule has 1 amide bonds. The molecule has 22 heavy (non-hydrogen) atoms. The number of amides is 1. The number of aryl methyl sites for hydroxylation is 2. The van der Waals surface area contributed by atoms with Crippen LogP contribution in [0.5, 0.6) is 0 Å². The van der Waals surface area contributed by atoms with Crippen LogP contribution in [0.4, 0.5) is 5.95 Å². The smallest absolute Gasteiger partial charge is 0.305 e. The number of halogens is 1. The van der Waals surface area contributed by atoms with Crippen LogP contribution in [0.2, 0.25) is 0 Å². The number of nitrogens with one attached hydrogen (secondary N) is 2. The summed E-state index contributed by atoms with van der Waals surface area (Å²) in [7, 11) is 0. The van der Waals surface area contributed by atoms with Crippen LogP contribution < -0.4 is 10.9 Å². The van der Waals surface area contributed by atoms with Gasteiger partial charge in [0.25, 0.3) is 0 Å². The minimum absolute atomic E-state index is 0.213. The molecule has 3 aromatic rings. The van der Waals surface area contributed by atoms with E-state index >= 15 is 0 Å². The standard InChI is InChI=1S/C15H13BrN4O2/c1-8-5-9(2)18-15(17-8)20-19-14(21)13-7-10-6-11(16)3-4-12(10)22-13/h3-7H,1-2H3,(H,19,21)(H,17,18,20). The maximum Gasteiger partial charge on any atom is 0.305 e. The van der Waals surface area contributed by atoms with Crippen LogP contribution in [0.3, 0.4) is 0 Å². The molecule has 2 heterocycles.